The number of rotatable bonds is 6. The zero-order valence-electron chi connectivity index (χ0n) is 9.39. The zero-order valence-corrected chi connectivity index (χ0v) is 9.39. The largest absolute Gasteiger partial charge is 0.316 e. The van der Waals surface area contributed by atoms with Crippen LogP contribution in [0.25, 0.3) is 0 Å². The van der Waals surface area contributed by atoms with E-state index in [0.29, 0.717) is 10.8 Å². The first-order chi connectivity index (χ1) is 7.29. The van der Waals surface area contributed by atoms with Gasteiger partial charge in [-0.15, -0.1) is 0 Å². The smallest absolute Gasteiger partial charge is 0.0628 e. The molecule has 2 heteroatoms. The van der Waals surface area contributed by atoms with Crippen molar-refractivity contribution in [1.29, 1.82) is 5.26 Å². The molecule has 0 aromatic heterocycles. The van der Waals surface area contributed by atoms with E-state index < -0.39 is 0 Å². The van der Waals surface area contributed by atoms with Crippen molar-refractivity contribution >= 4 is 0 Å². The van der Waals surface area contributed by atoms with Gasteiger partial charge in [0.05, 0.1) is 6.07 Å². The molecule has 0 heterocycles. The fraction of sp³-hybridized carbons (Fsp3) is 0.923. The molecule has 82 valence electrons. The molecule has 3 aliphatic rings. The highest BCUT2D eigenvalue weighted by atomic mass is 14.9. The lowest BCUT2D eigenvalue weighted by Crippen LogP contribution is -2.30. The van der Waals surface area contributed by atoms with Crippen molar-refractivity contribution in [2.75, 3.05) is 13.1 Å². The van der Waals surface area contributed by atoms with Gasteiger partial charge < -0.3 is 5.32 Å². The van der Waals surface area contributed by atoms with E-state index in [1.807, 2.05) is 0 Å². The maximum absolute atomic E-state index is 8.73. The van der Waals surface area contributed by atoms with Gasteiger partial charge in [-0.1, -0.05) is 0 Å². The highest BCUT2D eigenvalue weighted by Gasteiger charge is 2.53. The van der Waals surface area contributed by atoms with E-state index in [-0.39, 0.29) is 0 Å². The van der Waals surface area contributed by atoms with Crippen molar-refractivity contribution in [2.24, 2.45) is 16.7 Å². The molecule has 0 aromatic carbocycles. The molecule has 0 aromatic rings. The summed E-state index contributed by atoms with van der Waals surface area (Å²) in [6, 6.07) is 2.33. The number of nitrogens with zero attached hydrogens (tertiary/aromatic N) is 1. The summed E-state index contributed by atoms with van der Waals surface area (Å²) in [5.74, 6) is 1.05. The van der Waals surface area contributed by atoms with Crippen LogP contribution in [0.3, 0.4) is 0 Å². The van der Waals surface area contributed by atoms with Gasteiger partial charge in [-0.05, 0) is 55.3 Å². The monoisotopic (exact) mass is 204 g/mol. The lowest BCUT2D eigenvalue weighted by Gasteiger charge is -2.18. The standard InChI is InChI=1S/C13H20N2/c14-8-7-12(3-4-12)9-15-10-13(5-6-13)11-1-2-11/h11,15H,1-7,9-10H2. The minimum absolute atomic E-state index is 0.383. The Morgan fingerprint density at radius 3 is 2.33 bits per heavy atom. The lowest BCUT2D eigenvalue weighted by atomic mass is 9.99. The van der Waals surface area contributed by atoms with Gasteiger partial charge >= 0.3 is 0 Å². The Kier molecular flexibility index (Phi) is 2.07. The fourth-order valence-corrected chi connectivity index (χ4v) is 2.92. The molecule has 1 N–H and O–H groups in total. The Labute approximate surface area is 92.0 Å². The molecule has 0 radical (unpaired) electrons. The number of nitriles is 1. The second-order valence-corrected chi connectivity index (χ2v) is 6.08. The van der Waals surface area contributed by atoms with Gasteiger partial charge in [0.2, 0.25) is 0 Å². The second kappa shape index (κ2) is 3.22. The fourth-order valence-electron chi connectivity index (χ4n) is 2.92. The molecule has 0 aliphatic heterocycles. The Bertz CT molecular complexity index is 290. The van der Waals surface area contributed by atoms with E-state index in [2.05, 4.69) is 11.4 Å². The summed E-state index contributed by atoms with van der Waals surface area (Å²) in [4.78, 5) is 0. The van der Waals surface area contributed by atoms with Crippen LogP contribution in [-0.2, 0) is 0 Å². The van der Waals surface area contributed by atoms with E-state index >= 15 is 0 Å². The molecular weight excluding hydrogens is 184 g/mol. The highest BCUT2D eigenvalue weighted by Crippen LogP contribution is 2.61. The van der Waals surface area contributed by atoms with E-state index in [1.165, 1.54) is 45.1 Å². The van der Waals surface area contributed by atoms with Crippen LogP contribution < -0.4 is 5.32 Å². The molecule has 3 saturated carbocycles. The van der Waals surface area contributed by atoms with Crippen molar-refractivity contribution in [3.63, 3.8) is 0 Å². The summed E-state index contributed by atoms with van der Waals surface area (Å²) in [7, 11) is 0. The maximum Gasteiger partial charge on any atom is 0.0628 e. The molecule has 3 aliphatic carbocycles. The zero-order chi connectivity index (χ0) is 10.4. The molecule has 0 saturated heterocycles. The van der Waals surface area contributed by atoms with Crippen LogP contribution >= 0.6 is 0 Å². The first kappa shape index (κ1) is 9.66. The molecule has 3 fully saturated rings. The van der Waals surface area contributed by atoms with Crippen LogP contribution in [0.1, 0.15) is 44.9 Å². The van der Waals surface area contributed by atoms with Gasteiger partial charge in [-0.25, -0.2) is 0 Å². The first-order valence-electron chi connectivity index (χ1n) is 6.36. The van der Waals surface area contributed by atoms with E-state index in [1.54, 1.807) is 0 Å². The average molecular weight is 204 g/mol. The molecular formula is C13H20N2. The van der Waals surface area contributed by atoms with Crippen LogP contribution in [0.2, 0.25) is 0 Å². The summed E-state index contributed by atoms with van der Waals surface area (Å²) in [5.41, 5.74) is 1.09. The van der Waals surface area contributed by atoms with Crippen LogP contribution in [0.5, 0.6) is 0 Å². The minimum Gasteiger partial charge on any atom is -0.316 e. The van der Waals surface area contributed by atoms with Gasteiger partial charge in [0.15, 0.2) is 0 Å². The minimum atomic E-state index is 0.383. The predicted octanol–water partition coefficient (Wildman–Crippen LogP) is 2.46. The third kappa shape index (κ3) is 1.90. The number of nitrogens with one attached hydrogen (secondary N) is 1. The molecule has 2 nitrogen and oxygen atoms in total. The highest BCUT2D eigenvalue weighted by molar-refractivity contribution is 5.06. The van der Waals surface area contributed by atoms with E-state index in [4.69, 9.17) is 5.26 Å². The number of hydrogen-bond donors (Lipinski definition) is 1. The van der Waals surface area contributed by atoms with Crippen molar-refractivity contribution in [1.82, 2.24) is 5.32 Å². The molecule has 15 heavy (non-hydrogen) atoms. The molecule has 0 spiro atoms. The summed E-state index contributed by atoms with van der Waals surface area (Å²) in [6.45, 7) is 2.32. The van der Waals surface area contributed by atoms with Gasteiger partial charge in [0, 0.05) is 19.5 Å². The van der Waals surface area contributed by atoms with Crippen LogP contribution in [-0.4, -0.2) is 13.1 Å². The van der Waals surface area contributed by atoms with E-state index in [0.717, 1.165) is 18.9 Å². The Balaban J connectivity index is 1.42. The molecule has 0 atom stereocenters. The van der Waals surface area contributed by atoms with Crippen LogP contribution in [0.15, 0.2) is 0 Å². The van der Waals surface area contributed by atoms with Crippen molar-refractivity contribution in [3.05, 3.63) is 0 Å². The summed E-state index contributed by atoms with van der Waals surface area (Å²) in [6.07, 6.45) is 9.16. The van der Waals surface area contributed by atoms with Gasteiger partial charge in [0.25, 0.3) is 0 Å². The number of hydrogen-bond acceptors (Lipinski definition) is 2. The summed E-state index contributed by atoms with van der Waals surface area (Å²) < 4.78 is 0. The van der Waals surface area contributed by atoms with Crippen molar-refractivity contribution < 1.29 is 0 Å². The van der Waals surface area contributed by atoms with Crippen LogP contribution in [0, 0.1) is 28.1 Å². The van der Waals surface area contributed by atoms with E-state index in [9.17, 15) is 0 Å². The summed E-state index contributed by atoms with van der Waals surface area (Å²) >= 11 is 0. The SMILES string of the molecule is N#CCC1(CNCC2(C3CC3)CC2)CC1. The third-order valence-corrected chi connectivity index (χ3v) is 4.72. The Morgan fingerprint density at radius 1 is 1.13 bits per heavy atom. The lowest BCUT2D eigenvalue weighted by molar-refractivity contribution is 0.371. The second-order valence-electron chi connectivity index (χ2n) is 6.08. The normalized spacial score (nSPS) is 29.5. The van der Waals surface area contributed by atoms with Crippen molar-refractivity contribution in [3.8, 4) is 6.07 Å². The molecule has 0 bridgehead atoms. The van der Waals surface area contributed by atoms with Gasteiger partial charge in [-0.3, -0.25) is 0 Å². The molecule has 0 amide bonds. The van der Waals surface area contributed by atoms with Crippen molar-refractivity contribution in [2.45, 2.75) is 44.9 Å². The Morgan fingerprint density at radius 2 is 1.87 bits per heavy atom. The maximum atomic E-state index is 8.73. The Hall–Kier alpha value is -0.550. The summed E-state index contributed by atoms with van der Waals surface area (Å²) in [5, 5.41) is 12.4. The van der Waals surface area contributed by atoms with Gasteiger partial charge in [-0.2, -0.15) is 5.26 Å². The van der Waals surface area contributed by atoms with Gasteiger partial charge in [0.1, 0.15) is 0 Å². The first-order valence-corrected chi connectivity index (χ1v) is 6.36. The average Bonchev–Trinajstić information content (AvgIpc) is 3.08. The predicted molar refractivity (Wildman–Crippen MR) is 59.2 cm³/mol. The van der Waals surface area contributed by atoms with Crippen LogP contribution in [0.4, 0.5) is 0 Å². The quantitative estimate of drug-likeness (QED) is 0.721. The molecule has 0 unspecified atom stereocenters. The third-order valence-electron chi connectivity index (χ3n) is 4.72. The molecule has 3 rings (SSSR count). The topological polar surface area (TPSA) is 35.8 Å².